The molecular formula is C7H13NO2. The van der Waals surface area contributed by atoms with Gasteiger partial charge in [0.15, 0.2) is 0 Å². The van der Waals surface area contributed by atoms with E-state index in [9.17, 15) is 4.79 Å². The lowest BCUT2D eigenvalue weighted by Gasteiger charge is -2.14. The summed E-state index contributed by atoms with van der Waals surface area (Å²) >= 11 is 0. The molecule has 1 rings (SSSR count). The van der Waals surface area contributed by atoms with E-state index in [1.54, 1.807) is 0 Å². The van der Waals surface area contributed by atoms with Gasteiger partial charge in [0.05, 0.1) is 0 Å². The van der Waals surface area contributed by atoms with Crippen LogP contribution in [0.3, 0.4) is 0 Å². The summed E-state index contributed by atoms with van der Waals surface area (Å²) in [7, 11) is 3.96. The third kappa shape index (κ3) is 1.99. The van der Waals surface area contributed by atoms with Crippen molar-refractivity contribution in [3.63, 3.8) is 0 Å². The summed E-state index contributed by atoms with van der Waals surface area (Å²) in [5, 5.41) is 0. The molecule has 0 amide bonds. The highest BCUT2D eigenvalue weighted by molar-refractivity contribution is 5.71. The van der Waals surface area contributed by atoms with Gasteiger partial charge in [-0.2, -0.15) is 0 Å². The monoisotopic (exact) mass is 143 g/mol. The molecule has 1 heterocycles. The SMILES string of the molecule is CN(C)C[C@H]1CCC(=O)O1. The van der Waals surface area contributed by atoms with Crippen molar-refractivity contribution in [3.8, 4) is 0 Å². The van der Waals surface area contributed by atoms with Crippen molar-refractivity contribution in [2.45, 2.75) is 18.9 Å². The molecular weight excluding hydrogens is 130 g/mol. The number of hydrogen-bond donors (Lipinski definition) is 0. The zero-order chi connectivity index (χ0) is 7.56. The van der Waals surface area contributed by atoms with E-state index >= 15 is 0 Å². The van der Waals surface area contributed by atoms with E-state index in [-0.39, 0.29) is 12.1 Å². The predicted molar refractivity (Wildman–Crippen MR) is 37.7 cm³/mol. The largest absolute Gasteiger partial charge is 0.461 e. The van der Waals surface area contributed by atoms with Gasteiger partial charge < -0.3 is 9.64 Å². The molecule has 0 spiro atoms. The Hall–Kier alpha value is -0.570. The quantitative estimate of drug-likeness (QED) is 0.519. The minimum atomic E-state index is -0.0492. The third-order valence-electron chi connectivity index (χ3n) is 1.54. The van der Waals surface area contributed by atoms with E-state index in [0.29, 0.717) is 6.42 Å². The number of nitrogens with zero attached hydrogens (tertiary/aromatic N) is 1. The molecule has 0 aromatic carbocycles. The molecule has 1 saturated heterocycles. The van der Waals surface area contributed by atoms with Gasteiger partial charge in [-0.1, -0.05) is 0 Å². The van der Waals surface area contributed by atoms with Gasteiger partial charge in [-0.25, -0.2) is 0 Å². The first-order valence-corrected chi connectivity index (χ1v) is 3.52. The number of esters is 1. The number of hydrogen-bond acceptors (Lipinski definition) is 3. The lowest BCUT2D eigenvalue weighted by molar-refractivity contribution is -0.141. The highest BCUT2D eigenvalue weighted by Crippen LogP contribution is 2.13. The van der Waals surface area contributed by atoms with Crippen LogP contribution < -0.4 is 0 Å². The zero-order valence-corrected chi connectivity index (χ0v) is 6.46. The minimum absolute atomic E-state index is 0.0492. The van der Waals surface area contributed by atoms with Crippen molar-refractivity contribution in [2.24, 2.45) is 0 Å². The first kappa shape index (κ1) is 7.54. The maximum atomic E-state index is 10.6. The van der Waals surface area contributed by atoms with E-state index in [4.69, 9.17) is 4.74 Å². The Labute approximate surface area is 61.0 Å². The Morgan fingerprint density at radius 2 is 2.40 bits per heavy atom. The normalized spacial score (nSPS) is 25.5. The molecule has 0 aromatic heterocycles. The second-order valence-electron chi connectivity index (χ2n) is 2.91. The van der Waals surface area contributed by atoms with Crippen LogP contribution in [0.25, 0.3) is 0 Å². The minimum Gasteiger partial charge on any atom is -0.461 e. The van der Waals surface area contributed by atoms with Crippen molar-refractivity contribution in [1.82, 2.24) is 4.90 Å². The van der Waals surface area contributed by atoms with Crippen molar-refractivity contribution >= 4 is 5.97 Å². The highest BCUT2D eigenvalue weighted by Gasteiger charge is 2.23. The fourth-order valence-electron chi connectivity index (χ4n) is 1.12. The van der Waals surface area contributed by atoms with Crippen LogP contribution in [0.2, 0.25) is 0 Å². The number of cyclic esters (lactones) is 1. The fourth-order valence-corrected chi connectivity index (χ4v) is 1.12. The molecule has 1 aliphatic rings. The summed E-state index contributed by atoms with van der Waals surface area (Å²) < 4.78 is 4.99. The van der Waals surface area contributed by atoms with Gasteiger partial charge in [0, 0.05) is 13.0 Å². The third-order valence-corrected chi connectivity index (χ3v) is 1.54. The van der Waals surface area contributed by atoms with Crippen molar-refractivity contribution in [2.75, 3.05) is 20.6 Å². The Morgan fingerprint density at radius 3 is 2.80 bits per heavy atom. The Bertz CT molecular complexity index is 134. The molecule has 58 valence electrons. The summed E-state index contributed by atoms with van der Waals surface area (Å²) in [6.45, 7) is 0.853. The molecule has 10 heavy (non-hydrogen) atoms. The van der Waals surface area contributed by atoms with Gasteiger partial charge in [-0.3, -0.25) is 4.79 Å². The topological polar surface area (TPSA) is 29.5 Å². The van der Waals surface area contributed by atoms with Crippen LogP contribution in [0.15, 0.2) is 0 Å². The number of likely N-dealkylation sites (N-methyl/N-ethyl adjacent to an activating group) is 1. The molecule has 0 saturated carbocycles. The van der Waals surface area contributed by atoms with Crippen LogP contribution in [0.4, 0.5) is 0 Å². The van der Waals surface area contributed by atoms with Crippen LogP contribution in [0.1, 0.15) is 12.8 Å². The van der Waals surface area contributed by atoms with Gasteiger partial charge in [0.25, 0.3) is 0 Å². The highest BCUT2D eigenvalue weighted by atomic mass is 16.5. The van der Waals surface area contributed by atoms with E-state index in [1.807, 2.05) is 19.0 Å². The standard InChI is InChI=1S/C7H13NO2/c1-8(2)5-6-3-4-7(9)10-6/h6H,3-5H2,1-2H3/t6-/m1/s1. The number of ether oxygens (including phenoxy) is 1. The van der Waals surface area contributed by atoms with E-state index in [1.165, 1.54) is 0 Å². The molecule has 0 N–H and O–H groups in total. The van der Waals surface area contributed by atoms with Crippen LogP contribution in [0, 0.1) is 0 Å². The zero-order valence-electron chi connectivity index (χ0n) is 6.46. The van der Waals surface area contributed by atoms with Crippen molar-refractivity contribution in [3.05, 3.63) is 0 Å². The first-order valence-electron chi connectivity index (χ1n) is 3.52. The summed E-state index contributed by atoms with van der Waals surface area (Å²) in [5.74, 6) is -0.0492. The number of carbonyl (C=O) groups excluding carboxylic acids is 1. The summed E-state index contributed by atoms with van der Waals surface area (Å²) in [6.07, 6.45) is 1.62. The van der Waals surface area contributed by atoms with Crippen LogP contribution in [0.5, 0.6) is 0 Å². The maximum absolute atomic E-state index is 10.6. The maximum Gasteiger partial charge on any atom is 0.306 e. The fraction of sp³-hybridized carbons (Fsp3) is 0.857. The van der Waals surface area contributed by atoms with Gasteiger partial charge >= 0.3 is 5.97 Å². The van der Waals surface area contributed by atoms with Gasteiger partial charge in [-0.05, 0) is 20.5 Å². The molecule has 0 aliphatic carbocycles. The Kier molecular flexibility index (Phi) is 2.27. The molecule has 1 aliphatic heterocycles. The number of rotatable bonds is 2. The molecule has 1 atom stereocenters. The lowest BCUT2D eigenvalue weighted by Crippen LogP contribution is -2.25. The van der Waals surface area contributed by atoms with Crippen LogP contribution in [-0.4, -0.2) is 37.6 Å². The molecule has 1 fully saturated rings. The predicted octanol–water partition coefficient (Wildman–Crippen LogP) is 0.254. The average molecular weight is 143 g/mol. The lowest BCUT2D eigenvalue weighted by atomic mass is 10.2. The van der Waals surface area contributed by atoms with E-state index in [2.05, 4.69) is 0 Å². The molecule has 0 bridgehead atoms. The Morgan fingerprint density at radius 1 is 1.70 bits per heavy atom. The average Bonchev–Trinajstić information content (AvgIpc) is 2.13. The van der Waals surface area contributed by atoms with E-state index in [0.717, 1.165) is 13.0 Å². The molecule has 3 nitrogen and oxygen atoms in total. The van der Waals surface area contributed by atoms with Crippen molar-refractivity contribution < 1.29 is 9.53 Å². The summed E-state index contributed by atoms with van der Waals surface area (Å²) in [5.41, 5.74) is 0. The first-order chi connectivity index (χ1) is 4.68. The summed E-state index contributed by atoms with van der Waals surface area (Å²) in [4.78, 5) is 12.6. The Balaban J connectivity index is 2.24. The molecule has 0 aromatic rings. The van der Waals surface area contributed by atoms with Crippen LogP contribution in [-0.2, 0) is 9.53 Å². The van der Waals surface area contributed by atoms with Gasteiger partial charge in [-0.15, -0.1) is 0 Å². The summed E-state index contributed by atoms with van der Waals surface area (Å²) in [6, 6.07) is 0. The van der Waals surface area contributed by atoms with E-state index < -0.39 is 0 Å². The second-order valence-corrected chi connectivity index (χ2v) is 2.91. The van der Waals surface area contributed by atoms with Crippen molar-refractivity contribution in [1.29, 1.82) is 0 Å². The van der Waals surface area contributed by atoms with Crippen LogP contribution >= 0.6 is 0 Å². The second kappa shape index (κ2) is 3.01. The van der Waals surface area contributed by atoms with Gasteiger partial charge in [0.1, 0.15) is 6.10 Å². The van der Waals surface area contributed by atoms with Gasteiger partial charge in [0.2, 0.25) is 0 Å². The molecule has 0 radical (unpaired) electrons. The molecule has 3 heteroatoms. The molecule has 0 unspecified atom stereocenters. The number of carbonyl (C=O) groups is 1. The smallest absolute Gasteiger partial charge is 0.306 e.